The van der Waals surface area contributed by atoms with Crippen molar-refractivity contribution in [3.05, 3.63) is 47.6 Å². The van der Waals surface area contributed by atoms with Crippen LogP contribution in [0, 0.1) is 5.92 Å². The van der Waals surface area contributed by atoms with Crippen LogP contribution in [-0.4, -0.2) is 35.0 Å². The summed E-state index contributed by atoms with van der Waals surface area (Å²) in [6.07, 6.45) is 7.04. The third kappa shape index (κ3) is 8.15. The molecule has 0 aromatic heterocycles. The van der Waals surface area contributed by atoms with Crippen molar-refractivity contribution in [1.29, 1.82) is 0 Å². The summed E-state index contributed by atoms with van der Waals surface area (Å²) in [6, 6.07) is 0. The second kappa shape index (κ2) is 11.1. The Morgan fingerprint density at radius 3 is 2.54 bits per heavy atom. The molecule has 4 heteroatoms. The second-order valence-electron chi connectivity index (χ2n) is 7.39. The highest BCUT2D eigenvalue weighted by Gasteiger charge is 2.20. The van der Waals surface area contributed by atoms with Gasteiger partial charge in [-0.25, -0.2) is 0 Å². The summed E-state index contributed by atoms with van der Waals surface area (Å²) in [5.74, 6) is -0.407. The van der Waals surface area contributed by atoms with E-state index in [1.54, 1.807) is 6.08 Å². The topological polar surface area (TPSA) is 66.8 Å². The lowest BCUT2D eigenvalue weighted by molar-refractivity contribution is -0.140. The number of hydrogen-bond acceptors (Lipinski definition) is 4. The quantitative estimate of drug-likeness (QED) is 0.582. The summed E-state index contributed by atoms with van der Waals surface area (Å²) >= 11 is 0. The largest absolute Gasteiger partial charge is 0.461 e. The molecule has 0 aromatic rings. The molecule has 3 atom stereocenters. The molecule has 0 saturated heterocycles. The fourth-order valence-corrected chi connectivity index (χ4v) is 3.15. The van der Waals surface area contributed by atoms with Crippen molar-refractivity contribution in [2.45, 2.75) is 71.5 Å². The van der Waals surface area contributed by atoms with Gasteiger partial charge < -0.3 is 14.9 Å². The van der Waals surface area contributed by atoms with Crippen LogP contribution in [0.5, 0.6) is 0 Å². The van der Waals surface area contributed by atoms with Crippen LogP contribution in [0.4, 0.5) is 0 Å². The highest BCUT2D eigenvalue weighted by molar-refractivity contribution is 5.66. The zero-order chi connectivity index (χ0) is 19.7. The van der Waals surface area contributed by atoms with Crippen LogP contribution in [0.15, 0.2) is 47.6 Å². The first kappa shape index (κ1) is 22.4. The standard InChI is InChI=1S/C22H34O4/c1-15(2)20-11-9-16(3)7-6-8-17(4)21(24)12-10-19(13-22(20)25)14-26-18(5)23/h7,13,20-22,24-25H,1,4,6,8-12,14H2,2-3,5H3/b16-7+,19-13+/t20-,21-,22+/m1/s1. The molecule has 0 saturated carbocycles. The zero-order valence-corrected chi connectivity index (χ0v) is 16.5. The molecule has 1 aliphatic carbocycles. The maximum atomic E-state index is 11.2. The average molecular weight is 363 g/mol. The van der Waals surface area contributed by atoms with Gasteiger partial charge in [0.1, 0.15) is 6.61 Å². The minimum absolute atomic E-state index is 0.0477. The van der Waals surface area contributed by atoms with Gasteiger partial charge >= 0.3 is 5.97 Å². The molecule has 0 fully saturated rings. The number of esters is 1. The Morgan fingerprint density at radius 2 is 1.92 bits per heavy atom. The van der Waals surface area contributed by atoms with E-state index in [2.05, 4.69) is 26.2 Å². The van der Waals surface area contributed by atoms with Crippen LogP contribution in [0.3, 0.4) is 0 Å². The van der Waals surface area contributed by atoms with E-state index >= 15 is 0 Å². The van der Waals surface area contributed by atoms with Crippen molar-refractivity contribution in [3.63, 3.8) is 0 Å². The summed E-state index contributed by atoms with van der Waals surface area (Å²) in [4.78, 5) is 11.2. The van der Waals surface area contributed by atoms with Crippen LogP contribution in [0.2, 0.25) is 0 Å². The van der Waals surface area contributed by atoms with Crippen molar-refractivity contribution >= 4 is 5.97 Å². The molecule has 0 heterocycles. The van der Waals surface area contributed by atoms with E-state index in [0.29, 0.717) is 12.8 Å². The monoisotopic (exact) mass is 362 g/mol. The first-order valence-corrected chi connectivity index (χ1v) is 9.38. The highest BCUT2D eigenvalue weighted by Crippen LogP contribution is 2.26. The Bertz CT molecular complexity index is 571. The van der Waals surface area contributed by atoms with Crippen LogP contribution >= 0.6 is 0 Å². The predicted octanol–water partition coefficient (Wildman–Crippen LogP) is 4.25. The van der Waals surface area contributed by atoms with Gasteiger partial charge in [-0.1, -0.05) is 36.5 Å². The van der Waals surface area contributed by atoms with Crippen LogP contribution in [0.25, 0.3) is 0 Å². The second-order valence-corrected chi connectivity index (χ2v) is 7.39. The lowest BCUT2D eigenvalue weighted by atomic mass is 9.87. The Balaban J connectivity index is 3.05. The van der Waals surface area contributed by atoms with E-state index in [-0.39, 0.29) is 18.5 Å². The summed E-state index contributed by atoms with van der Waals surface area (Å²) in [5.41, 5.74) is 3.84. The number of ether oxygens (including phenoxy) is 1. The number of carbonyl (C=O) groups is 1. The molecule has 2 N–H and O–H groups in total. The SMILES string of the molecule is C=C1CC/C=C(\C)CC[C@H](C(=C)C)[C@@H](O)/C=C(/COC(C)=O)CC[C@H]1O. The normalized spacial score (nSPS) is 30.3. The molecule has 0 aliphatic heterocycles. The molecule has 0 radical (unpaired) electrons. The van der Waals surface area contributed by atoms with Gasteiger partial charge in [0.15, 0.2) is 0 Å². The van der Waals surface area contributed by atoms with Gasteiger partial charge in [-0.3, -0.25) is 4.79 Å². The molecule has 0 bridgehead atoms. The van der Waals surface area contributed by atoms with Gasteiger partial charge in [-0.2, -0.15) is 0 Å². The fourth-order valence-electron chi connectivity index (χ4n) is 3.15. The number of aliphatic hydroxyl groups is 2. The van der Waals surface area contributed by atoms with Crippen LogP contribution in [0.1, 0.15) is 59.3 Å². The molecule has 0 spiro atoms. The van der Waals surface area contributed by atoms with Crippen molar-refractivity contribution in [2.24, 2.45) is 5.92 Å². The van der Waals surface area contributed by atoms with Gasteiger partial charge in [0.25, 0.3) is 0 Å². The van der Waals surface area contributed by atoms with E-state index in [1.807, 2.05) is 6.92 Å². The Kier molecular flexibility index (Phi) is 9.60. The third-order valence-electron chi connectivity index (χ3n) is 4.93. The fraction of sp³-hybridized carbons (Fsp3) is 0.591. The van der Waals surface area contributed by atoms with Crippen LogP contribution < -0.4 is 0 Å². The lowest BCUT2D eigenvalue weighted by Crippen LogP contribution is -2.21. The Hall–Kier alpha value is -1.65. The van der Waals surface area contributed by atoms with Crippen LogP contribution in [-0.2, 0) is 9.53 Å². The van der Waals surface area contributed by atoms with Gasteiger partial charge in [-0.15, -0.1) is 0 Å². The van der Waals surface area contributed by atoms with E-state index in [9.17, 15) is 15.0 Å². The van der Waals surface area contributed by atoms with Gasteiger partial charge in [0.05, 0.1) is 12.2 Å². The first-order chi connectivity index (χ1) is 12.2. The van der Waals surface area contributed by atoms with Gasteiger partial charge in [-0.05, 0) is 63.5 Å². The molecule has 4 nitrogen and oxygen atoms in total. The van der Waals surface area contributed by atoms with Gasteiger partial charge in [0, 0.05) is 12.8 Å². The highest BCUT2D eigenvalue weighted by atomic mass is 16.5. The van der Waals surface area contributed by atoms with Crippen molar-refractivity contribution < 1.29 is 19.7 Å². The molecule has 1 aliphatic rings. The third-order valence-corrected chi connectivity index (χ3v) is 4.93. The first-order valence-electron chi connectivity index (χ1n) is 9.38. The van der Waals surface area contributed by atoms with E-state index in [0.717, 1.165) is 42.4 Å². The van der Waals surface area contributed by atoms with Crippen molar-refractivity contribution in [2.75, 3.05) is 6.61 Å². The predicted molar refractivity (Wildman–Crippen MR) is 106 cm³/mol. The summed E-state index contributed by atoms with van der Waals surface area (Å²) in [5, 5.41) is 21.0. The number of carbonyl (C=O) groups excluding carboxylic acids is 1. The van der Waals surface area contributed by atoms with Crippen molar-refractivity contribution in [3.8, 4) is 0 Å². The molecule has 26 heavy (non-hydrogen) atoms. The molecule has 0 unspecified atom stereocenters. The number of rotatable bonds is 3. The van der Waals surface area contributed by atoms with Gasteiger partial charge in [0.2, 0.25) is 0 Å². The molecular weight excluding hydrogens is 328 g/mol. The molecule has 0 aromatic carbocycles. The van der Waals surface area contributed by atoms with E-state index < -0.39 is 12.2 Å². The smallest absolute Gasteiger partial charge is 0.302 e. The summed E-state index contributed by atoms with van der Waals surface area (Å²) in [7, 11) is 0. The Morgan fingerprint density at radius 1 is 1.23 bits per heavy atom. The maximum absolute atomic E-state index is 11.2. The molecule has 1 rings (SSSR count). The molecular formula is C22H34O4. The number of aliphatic hydroxyl groups excluding tert-OH is 2. The minimum Gasteiger partial charge on any atom is -0.461 e. The Labute approximate surface area is 158 Å². The maximum Gasteiger partial charge on any atom is 0.302 e. The number of hydrogen-bond donors (Lipinski definition) is 2. The lowest BCUT2D eigenvalue weighted by Gasteiger charge is -2.23. The minimum atomic E-state index is -0.686. The van der Waals surface area contributed by atoms with E-state index in [4.69, 9.17) is 4.74 Å². The molecule has 0 amide bonds. The summed E-state index contributed by atoms with van der Waals surface area (Å²) in [6.45, 7) is 13.5. The average Bonchev–Trinajstić information content (AvgIpc) is 2.55. The summed E-state index contributed by atoms with van der Waals surface area (Å²) < 4.78 is 5.12. The molecule has 146 valence electrons. The zero-order valence-electron chi connectivity index (χ0n) is 16.5. The van der Waals surface area contributed by atoms with E-state index in [1.165, 1.54) is 12.5 Å². The number of allylic oxidation sites excluding steroid dienone is 2. The van der Waals surface area contributed by atoms with Crippen molar-refractivity contribution in [1.82, 2.24) is 0 Å².